The summed E-state index contributed by atoms with van der Waals surface area (Å²) in [6.07, 6.45) is 25.8. The SMILES string of the molecule is CCCCCCCCCCCCCCCCCCCC(=O)O[C@H](COC(=O)CCCCCCCCCCCCCCCCC)COP(=O)(O)OC1C(O)C(O)C(O)[C@H](O)C1O. The molecular formula is C47H91O13P. The van der Waals surface area contributed by atoms with E-state index in [9.17, 15) is 44.6 Å². The van der Waals surface area contributed by atoms with Crippen molar-refractivity contribution in [2.24, 2.45) is 0 Å². The Hall–Kier alpha value is -1.15. The Balaban J connectivity index is 2.40. The van der Waals surface area contributed by atoms with E-state index < -0.39 is 75.7 Å². The van der Waals surface area contributed by atoms with Gasteiger partial charge in [0.25, 0.3) is 0 Å². The predicted octanol–water partition coefficient (Wildman–Crippen LogP) is 10.1. The third-order valence-corrected chi connectivity index (χ3v) is 12.9. The van der Waals surface area contributed by atoms with E-state index in [1.165, 1.54) is 154 Å². The minimum atomic E-state index is -5.11. The Bertz CT molecular complexity index is 1080. The highest BCUT2D eigenvalue weighted by Gasteiger charge is 2.51. The van der Waals surface area contributed by atoms with Crippen molar-refractivity contribution < 1.29 is 63.1 Å². The fraction of sp³-hybridized carbons (Fsp3) is 0.957. The Labute approximate surface area is 370 Å². The van der Waals surface area contributed by atoms with Crippen LogP contribution in [-0.2, 0) is 32.7 Å². The van der Waals surface area contributed by atoms with E-state index in [1.54, 1.807) is 0 Å². The van der Waals surface area contributed by atoms with E-state index in [0.29, 0.717) is 12.8 Å². The molecule has 13 nitrogen and oxygen atoms in total. The highest BCUT2D eigenvalue weighted by molar-refractivity contribution is 7.47. The molecule has 1 saturated carbocycles. The molecule has 0 heterocycles. The van der Waals surface area contributed by atoms with Crippen LogP contribution in [-0.4, -0.2) is 98.3 Å². The molecule has 1 fully saturated rings. The molecule has 0 spiro atoms. The van der Waals surface area contributed by atoms with Crippen molar-refractivity contribution in [1.82, 2.24) is 0 Å². The second kappa shape index (κ2) is 38.2. The van der Waals surface area contributed by atoms with Crippen LogP contribution in [0.4, 0.5) is 0 Å². The van der Waals surface area contributed by atoms with Gasteiger partial charge < -0.3 is 39.9 Å². The van der Waals surface area contributed by atoms with Gasteiger partial charge in [0.15, 0.2) is 6.10 Å². The van der Waals surface area contributed by atoms with Gasteiger partial charge in [-0.3, -0.25) is 18.6 Å². The summed E-state index contributed by atoms with van der Waals surface area (Å²) in [5.74, 6) is -1.08. The number of ether oxygens (including phenoxy) is 2. The summed E-state index contributed by atoms with van der Waals surface area (Å²) < 4.78 is 33.6. The van der Waals surface area contributed by atoms with E-state index in [1.807, 2.05) is 0 Å². The molecule has 0 aliphatic heterocycles. The number of rotatable bonds is 42. The zero-order chi connectivity index (χ0) is 45.0. The molecule has 6 N–H and O–H groups in total. The van der Waals surface area contributed by atoms with Gasteiger partial charge in [0.2, 0.25) is 0 Å². The van der Waals surface area contributed by atoms with E-state index in [2.05, 4.69) is 13.8 Å². The molecule has 14 heteroatoms. The lowest BCUT2D eigenvalue weighted by molar-refractivity contribution is -0.220. The summed E-state index contributed by atoms with van der Waals surface area (Å²) in [6, 6.07) is 0. The molecule has 362 valence electrons. The highest BCUT2D eigenvalue weighted by Crippen LogP contribution is 2.47. The van der Waals surface area contributed by atoms with Gasteiger partial charge in [-0.25, -0.2) is 4.57 Å². The van der Waals surface area contributed by atoms with Gasteiger partial charge in [0, 0.05) is 12.8 Å². The number of esters is 2. The summed E-state index contributed by atoms with van der Waals surface area (Å²) in [6.45, 7) is 3.34. The Morgan fingerprint density at radius 2 is 0.738 bits per heavy atom. The number of hydrogen-bond donors (Lipinski definition) is 6. The van der Waals surface area contributed by atoms with Crippen LogP contribution in [0.5, 0.6) is 0 Å². The molecule has 0 aromatic rings. The molecule has 0 amide bonds. The number of unbranched alkanes of at least 4 members (excludes halogenated alkanes) is 30. The molecule has 0 saturated heterocycles. The van der Waals surface area contributed by atoms with Crippen LogP contribution in [0.2, 0.25) is 0 Å². The first kappa shape index (κ1) is 57.9. The molecule has 1 aliphatic carbocycles. The smallest absolute Gasteiger partial charge is 0.462 e. The summed E-state index contributed by atoms with van der Waals surface area (Å²) >= 11 is 0. The van der Waals surface area contributed by atoms with Crippen molar-refractivity contribution in [2.45, 2.75) is 275 Å². The van der Waals surface area contributed by atoms with E-state index in [0.717, 1.165) is 38.5 Å². The minimum absolute atomic E-state index is 0.105. The van der Waals surface area contributed by atoms with E-state index in [4.69, 9.17) is 18.5 Å². The van der Waals surface area contributed by atoms with Gasteiger partial charge in [-0.1, -0.05) is 206 Å². The van der Waals surface area contributed by atoms with Crippen LogP contribution in [0.3, 0.4) is 0 Å². The van der Waals surface area contributed by atoms with Crippen LogP contribution < -0.4 is 0 Å². The second-order valence-corrected chi connectivity index (χ2v) is 19.1. The maximum atomic E-state index is 12.8. The van der Waals surface area contributed by atoms with Gasteiger partial charge in [-0.05, 0) is 12.8 Å². The van der Waals surface area contributed by atoms with Crippen LogP contribution in [0.1, 0.15) is 232 Å². The van der Waals surface area contributed by atoms with Crippen LogP contribution >= 0.6 is 7.82 Å². The molecule has 0 bridgehead atoms. The van der Waals surface area contributed by atoms with Gasteiger partial charge in [-0.15, -0.1) is 0 Å². The van der Waals surface area contributed by atoms with Gasteiger partial charge in [0.1, 0.15) is 43.2 Å². The van der Waals surface area contributed by atoms with Crippen molar-refractivity contribution in [3.8, 4) is 0 Å². The molecule has 1 aliphatic rings. The lowest BCUT2D eigenvalue weighted by Gasteiger charge is -2.41. The van der Waals surface area contributed by atoms with Crippen molar-refractivity contribution in [2.75, 3.05) is 13.2 Å². The predicted molar refractivity (Wildman–Crippen MR) is 240 cm³/mol. The Morgan fingerprint density at radius 1 is 0.443 bits per heavy atom. The zero-order valence-electron chi connectivity index (χ0n) is 38.5. The molecular weight excluding hydrogens is 803 g/mol. The minimum Gasteiger partial charge on any atom is -0.462 e. The fourth-order valence-electron chi connectivity index (χ4n) is 7.94. The van der Waals surface area contributed by atoms with Gasteiger partial charge >= 0.3 is 19.8 Å². The number of phosphoric acid groups is 1. The van der Waals surface area contributed by atoms with Crippen LogP contribution in [0, 0.1) is 0 Å². The van der Waals surface area contributed by atoms with Gasteiger partial charge in [0.05, 0.1) is 6.61 Å². The van der Waals surface area contributed by atoms with Crippen molar-refractivity contribution in [3.63, 3.8) is 0 Å². The first-order chi connectivity index (χ1) is 29.4. The molecule has 0 radical (unpaired) electrons. The summed E-state index contributed by atoms with van der Waals surface area (Å²) in [5.41, 5.74) is 0. The molecule has 61 heavy (non-hydrogen) atoms. The zero-order valence-corrected chi connectivity index (χ0v) is 39.4. The van der Waals surface area contributed by atoms with Crippen molar-refractivity contribution >= 4 is 19.8 Å². The number of aliphatic hydroxyl groups excluding tert-OH is 5. The Morgan fingerprint density at radius 3 is 1.08 bits per heavy atom. The first-order valence-corrected chi connectivity index (χ1v) is 26.3. The highest BCUT2D eigenvalue weighted by atomic mass is 31.2. The van der Waals surface area contributed by atoms with Crippen molar-refractivity contribution in [1.29, 1.82) is 0 Å². The van der Waals surface area contributed by atoms with Crippen molar-refractivity contribution in [3.05, 3.63) is 0 Å². The average Bonchev–Trinajstić information content (AvgIpc) is 3.24. The third-order valence-electron chi connectivity index (χ3n) is 11.9. The largest absolute Gasteiger partial charge is 0.472 e. The van der Waals surface area contributed by atoms with Crippen LogP contribution in [0.25, 0.3) is 0 Å². The number of hydrogen-bond acceptors (Lipinski definition) is 12. The van der Waals surface area contributed by atoms with E-state index >= 15 is 0 Å². The normalized spacial score (nSPS) is 21.9. The number of carbonyl (C=O) groups is 2. The Kier molecular flexibility index (Phi) is 36.2. The molecule has 0 aromatic heterocycles. The first-order valence-electron chi connectivity index (χ1n) is 24.8. The monoisotopic (exact) mass is 895 g/mol. The molecule has 1 rings (SSSR count). The van der Waals surface area contributed by atoms with Crippen LogP contribution in [0.15, 0.2) is 0 Å². The third kappa shape index (κ3) is 30.6. The topological polar surface area (TPSA) is 210 Å². The molecule has 6 unspecified atom stereocenters. The van der Waals surface area contributed by atoms with E-state index in [-0.39, 0.29) is 12.8 Å². The number of carbonyl (C=O) groups excluding carboxylic acids is 2. The maximum absolute atomic E-state index is 12.8. The maximum Gasteiger partial charge on any atom is 0.472 e. The lowest BCUT2D eigenvalue weighted by atomic mass is 9.85. The standard InChI is InChI=1S/C47H91O13P/c1-3-5-7-9-11-13-15-17-19-20-22-24-26-28-30-32-34-36-41(49)59-39(38-58-61(55,56)60-47-45(53)43(51)42(50)44(52)46(47)54)37-57-40(48)35-33-31-29-27-25-23-21-18-16-14-12-10-8-6-4-2/h39,42-47,50-54H,3-38H2,1-2H3,(H,55,56)/t39-,42?,43+,44?,45?,46?,47?/m1/s1. The number of phosphoric ester groups is 1. The second-order valence-electron chi connectivity index (χ2n) is 17.7. The fourth-order valence-corrected chi connectivity index (χ4v) is 8.91. The summed E-state index contributed by atoms with van der Waals surface area (Å²) in [5, 5.41) is 50.2. The van der Waals surface area contributed by atoms with Gasteiger partial charge in [-0.2, -0.15) is 0 Å². The average molecular weight is 895 g/mol. The summed E-state index contributed by atoms with van der Waals surface area (Å²) in [7, 11) is -5.11. The summed E-state index contributed by atoms with van der Waals surface area (Å²) in [4.78, 5) is 35.8. The lowest BCUT2D eigenvalue weighted by Crippen LogP contribution is -2.64. The molecule has 8 atom stereocenters. The molecule has 0 aromatic carbocycles. The quantitative estimate of drug-likeness (QED) is 0.0192. The number of aliphatic hydroxyl groups is 5.